The minimum atomic E-state index is -0.817. The van der Waals surface area contributed by atoms with E-state index in [0.717, 1.165) is 38.5 Å². The van der Waals surface area contributed by atoms with Gasteiger partial charge in [0.2, 0.25) is 5.91 Å². The lowest BCUT2D eigenvalue weighted by Gasteiger charge is -2.48. The molecular weight excluding hydrogens is 358 g/mol. The molecule has 3 fully saturated rings. The first kappa shape index (κ1) is 19.2. The zero-order chi connectivity index (χ0) is 19.9. The topological polar surface area (TPSA) is 93.7 Å². The van der Waals surface area contributed by atoms with Crippen LogP contribution in [0.15, 0.2) is 16.9 Å². The molecule has 28 heavy (non-hydrogen) atoms. The number of carbonyl (C=O) groups is 2. The molecule has 152 valence electrons. The molecule has 1 unspecified atom stereocenters. The normalized spacial score (nSPS) is 30.9. The summed E-state index contributed by atoms with van der Waals surface area (Å²) in [6.45, 7) is 3.00. The Balaban J connectivity index is 1.60. The van der Waals surface area contributed by atoms with Gasteiger partial charge in [0.1, 0.15) is 11.1 Å². The molecule has 2 amide bonds. The summed E-state index contributed by atoms with van der Waals surface area (Å²) in [6, 6.07) is 3.43. The van der Waals surface area contributed by atoms with Crippen LogP contribution in [0.3, 0.4) is 0 Å². The smallest absolute Gasteiger partial charge is 0.260 e. The zero-order valence-electron chi connectivity index (χ0n) is 16.4. The summed E-state index contributed by atoms with van der Waals surface area (Å²) in [5, 5.41) is 9.79. The number of likely N-dealkylation sites (tertiary alicyclic amines) is 2. The van der Waals surface area contributed by atoms with Gasteiger partial charge in [-0.05, 0) is 70.4 Å². The van der Waals surface area contributed by atoms with E-state index in [1.165, 1.54) is 0 Å². The summed E-state index contributed by atoms with van der Waals surface area (Å²) >= 11 is 0. The summed E-state index contributed by atoms with van der Waals surface area (Å²) in [5.74, 6) is -0.303. The highest BCUT2D eigenvalue weighted by Gasteiger charge is 2.54. The number of piperidine rings is 1. The molecule has 1 aromatic rings. The van der Waals surface area contributed by atoms with Crippen LogP contribution in [0.25, 0.3) is 0 Å². The molecule has 3 heterocycles. The Labute approximate surface area is 164 Å². The molecule has 2 aliphatic heterocycles. The lowest BCUT2D eigenvalue weighted by molar-refractivity contribution is -0.149. The second kappa shape index (κ2) is 7.35. The Kier molecular flexibility index (Phi) is 5.04. The number of H-pyrrole nitrogens is 1. The number of amides is 2. The van der Waals surface area contributed by atoms with Gasteiger partial charge in [0.05, 0.1) is 6.10 Å². The van der Waals surface area contributed by atoms with E-state index < -0.39 is 11.1 Å². The second-order valence-corrected chi connectivity index (χ2v) is 8.54. The van der Waals surface area contributed by atoms with Crippen molar-refractivity contribution >= 4 is 11.8 Å². The van der Waals surface area contributed by atoms with Crippen molar-refractivity contribution in [2.24, 2.45) is 0 Å². The van der Waals surface area contributed by atoms with E-state index in [1.807, 2.05) is 4.90 Å². The minimum Gasteiger partial charge on any atom is -0.393 e. The van der Waals surface area contributed by atoms with E-state index in [4.69, 9.17) is 0 Å². The first-order valence-corrected chi connectivity index (χ1v) is 10.4. The van der Waals surface area contributed by atoms with Crippen molar-refractivity contribution in [3.63, 3.8) is 0 Å². The van der Waals surface area contributed by atoms with E-state index in [9.17, 15) is 19.5 Å². The van der Waals surface area contributed by atoms with Gasteiger partial charge in [0, 0.05) is 24.8 Å². The number of aliphatic hydroxyl groups excluding tert-OH is 1. The molecule has 7 heteroatoms. The van der Waals surface area contributed by atoms with Crippen molar-refractivity contribution < 1.29 is 14.7 Å². The monoisotopic (exact) mass is 387 g/mol. The standard InChI is InChI=1S/C21H29N3O4/c1-14-4-9-17(18(26)22-14)19(27)24-13-3-11-21(24)10-2-12-23(20(21)28)15-5-7-16(25)8-6-15/h4,9,15-16,25H,2-3,5-8,10-13H2,1H3,(H,22,26). The highest BCUT2D eigenvalue weighted by atomic mass is 16.3. The summed E-state index contributed by atoms with van der Waals surface area (Å²) in [6.07, 6.45) is 5.77. The lowest BCUT2D eigenvalue weighted by atomic mass is 9.82. The van der Waals surface area contributed by atoms with Crippen LogP contribution < -0.4 is 5.56 Å². The predicted octanol–water partition coefficient (Wildman–Crippen LogP) is 1.58. The fourth-order valence-corrected chi connectivity index (χ4v) is 5.28. The summed E-state index contributed by atoms with van der Waals surface area (Å²) in [5.41, 5.74) is -0.397. The largest absolute Gasteiger partial charge is 0.393 e. The van der Waals surface area contributed by atoms with Crippen molar-refractivity contribution in [3.8, 4) is 0 Å². The van der Waals surface area contributed by atoms with Gasteiger partial charge in [0.15, 0.2) is 0 Å². The quantitative estimate of drug-likeness (QED) is 0.806. The number of carbonyl (C=O) groups excluding carboxylic acids is 2. The second-order valence-electron chi connectivity index (χ2n) is 8.54. The third kappa shape index (κ3) is 3.15. The van der Waals surface area contributed by atoms with Gasteiger partial charge >= 0.3 is 0 Å². The molecule has 1 saturated carbocycles. The van der Waals surface area contributed by atoms with E-state index in [1.54, 1.807) is 24.0 Å². The first-order valence-electron chi connectivity index (χ1n) is 10.4. The van der Waals surface area contributed by atoms with Gasteiger partial charge in [-0.15, -0.1) is 0 Å². The Morgan fingerprint density at radius 1 is 1.11 bits per heavy atom. The molecule has 0 bridgehead atoms. The van der Waals surface area contributed by atoms with Crippen molar-refractivity contribution in [2.75, 3.05) is 13.1 Å². The fraction of sp³-hybridized carbons (Fsp3) is 0.667. The Bertz CT molecular complexity index is 827. The summed E-state index contributed by atoms with van der Waals surface area (Å²) in [7, 11) is 0. The molecule has 0 radical (unpaired) electrons. The average Bonchev–Trinajstić information content (AvgIpc) is 3.09. The van der Waals surface area contributed by atoms with Crippen molar-refractivity contribution in [1.82, 2.24) is 14.8 Å². The van der Waals surface area contributed by atoms with Crippen molar-refractivity contribution in [3.05, 3.63) is 33.7 Å². The minimum absolute atomic E-state index is 0.0366. The van der Waals surface area contributed by atoms with Crippen LogP contribution in [-0.4, -0.2) is 62.5 Å². The van der Waals surface area contributed by atoms with Crippen LogP contribution in [0.1, 0.15) is 67.4 Å². The predicted molar refractivity (Wildman–Crippen MR) is 104 cm³/mol. The molecule has 1 aliphatic carbocycles. The van der Waals surface area contributed by atoms with Crippen molar-refractivity contribution in [1.29, 1.82) is 0 Å². The maximum absolute atomic E-state index is 13.6. The number of aromatic nitrogens is 1. The Hall–Kier alpha value is -2.15. The number of aromatic amines is 1. The van der Waals surface area contributed by atoms with Crippen LogP contribution >= 0.6 is 0 Å². The van der Waals surface area contributed by atoms with E-state index in [0.29, 0.717) is 31.6 Å². The lowest BCUT2D eigenvalue weighted by Crippen LogP contribution is -2.63. The molecular formula is C21H29N3O4. The molecule has 7 nitrogen and oxygen atoms in total. The van der Waals surface area contributed by atoms with Gasteiger partial charge in [-0.25, -0.2) is 0 Å². The van der Waals surface area contributed by atoms with Crippen LogP contribution in [0.2, 0.25) is 0 Å². The Morgan fingerprint density at radius 2 is 1.79 bits per heavy atom. The zero-order valence-corrected chi connectivity index (χ0v) is 16.4. The molecule has 1 spiro atoms. The molecule has 3 aliphatic rings. The molecule has 4 rings (SSSR count). The van der Waals surface area contributed by atoms with Gasteiger partial charge in [-0.3, -0.25) is 14.4 Å². The average molecular weight is 387 g/mol. The van der Waals surface area contributed by atoms with Crippen molar-refractivity contribution in [2.45, 2.75) is 76.0 Å². The molecule has 0 aromatic carbocycles. The van der Waals surface area contributed by atoms with Gasteiger partial charge < -0.3 is 19.9 Å². The number of rotatable bonds is 2. The number of nitrogens with zero attached hydrogens (tertiary/aromatic N) is 2. The number of nitrogens with one attached hydrogen (secondary N) is 1. The van der Waals surface area contributed by atoms with E-state index in [2.05, 4.69) is 4.98 Å². The third-order valence-electron chi connectivity index (χ3n) is 6.77. The van der Waals surface area contributed by atoms with Crippen LogP contribution in [0.5, 0.6) is 0 Å². The third-order valence-corrected chi connectivity index (χ3v) is 6.77. The molecule has 1 aromatic heterocycles. The van der Waals surface area contributed by atoms with Gasteiger partial charge in [-0.2, -0.15) is 0 Å². The van der Waals surface area contributed by atoms with Gasteiger partial charge in [0.25, 0.3) is 11.5 Å². The number of aryl methyl sites for hydroxylation is 1. The number of hydrogen-bond acceptors (Lipinski definition) is 4. The molecule has 1 atom stereocenters. The highest BCUT2D eigenvalue weighted by molar-refractivity contribution is 5.99. The SMILES string of the molecule is Cc1ccc(C(=O)N2CCCC23CCCN(C2CCC(O)CC2)C3=O)c(=O)[nH]1. The molecule has 2 saturated heterocycles. The number of aliphatic hydroxyl groups is 1. The maximum Gasteiger partial charge on any atom is 0.260 e. The summed E-state index contributed by atoms with van der Waals surface area (Å²) in [4.78, 5) is 45.4. The fourth-order valence-electron chi connectivity index (χ4n) is 5.28. The number of hydrogen-bond donors (Lipinski definition) is 2. The first-order chi connectivity index (χ1) is 13.4. The van der Waals surface area contributed by atoms with E-state index in [-0.39, 0.29) is 29.5 Å². The highest BCUT2D eigenvalue weighted by Crippen LogP contribution is 2.40. The van der Waals surface area contributed by atoms with Crippen LogP contribution in [0, 0.1) is 6.92 Å². The van der Waals surface area contributed by atoms with E-state index >= 15 is 0 Å². The molecule has 2 N–H and O–H groups in total. The summed E-state index contributed by atoms with van der Waals surface area (Å²) < 4.78 is 0. The number of pyridine rings is 1. The van der Waals surface area contributed by atoms with Crippen LogP contribution in [-0.2, 0) is 4.79 Å². The van der Waals surface area contributed by atoms with Gasteiger partial charge in [-0.1, -0.05) is 0 Å². The Morgan fingerprint density at radius 3 is 2.46 bits per heavy atom. The maximum atomic E-state index is 13.6. The van der Waals surface area contributed by atoms with Crippen LogP contribution in [0.4, 0.5) is 0 Å².